The lowest BCUT2D eigenvalue weighted by atomic mass is 10.1. The summed E-state index contributed by atoms with van der Waals surface area (Å²) < 4.78 is 31.3. The molecule has 1 aliphatic rings. The smallest absolute Gasteiger partial charge is 0.324 e. The first-order valence-electron chi connectivity index (χ1n) is 10.8. The highest BCUT2D eigenvalue weighted by Gasteiger charge is 2.26. The van der Waals surface area contributed by atoms with E-state index in [1.807, 2.05) is 6.92 Å². The minimum atomic E-state index is -3.48. The number of unbranched alkanes of at least 4 members (excludes halogenated alkanes) is 1. The van der Waals surface area contributed by atoms with Crippen LogP contribution in [-0.4, -0.2) is 51.6 Å². The SMILES string of the molecule is CCCCn1c(=O)[nH]c(=O)c2c1nc(CN1CCC(NS(=O)(=O)c3cccs3)CC1)n2C. The summed E-state index contributed by atoms with van der Waals surface area (Å²) in [4.78, 5) is 34.0. The van der Waals surface area contributed by atoms with E-state index in [0.29, 0.717) is 60.2 Å². The van der Waals surface area contributed by atoms with Crippen molar-refractivity contribution in [1.29, 1.82) is 0 Å². The van der Waals surface area contributed by atoms with Crippen molar-refractivity contribution >= 4 is 32.5 Å². The van der Waals surface area contributed by atoms with Gasteiger partial charge < -0.3 is 4.57 Å². The summed E-state index contributed by atoms with van der Waals surface area (Å²) in [5.41, 5.74) is -0.0438. The Bertz CT molecular complexity index is 1300. The maximum atomic E-state index is 12.5. The summed E-state index contributed by atoms with van der Waals surface area (Å²) >= 11 is 1.21. The summed E-state index contributed by atoms with van der Waals surface area (Å²) in [6.45, 7) is 4.49. The monoisotopic (exact) mass is 480 g/mol. The van der Waals surface area contributed by atoms with Crippen molar-refractivity contribution in [3.63, 3.8) is 0 Å². The number of aromatic nitrogens is 4. The predicted octanol–water partition coefficient (Wildman–Crippen LogP) is 1.23. The quantitative estimate of drug-likeness (QED) is 0.500. The molecule has 10 nitrogen and oxygen atoms in total. The molecule has 0 radical (unpaired) electrons. The molecule has 4 rings (SSSR count). The molecule has 1 saturated heterocycles. The van der Waals surface area contributed by atoms with Crippen LogP contribution in [0.4, 0.5) is 0 Å². The molecular weight excluding hydrogens is 452 g/mol. The normalized spacial score (nSPS) is 16.2. The van der Waals surface area contributed by atoms with Gasteiger partial charge in [-0.15, -0.1) is 11.3 Å². The van der Waals surface area contributed by atoms with E-state index in [0.717, 1.165) is 12.8 Å². The molecule has 0 bridgehead atoms. The van der Waals surface area contributed by atoms with Crippen LogP contribution < -0.4 is 16.0 Å². The number of aromatic amines is 1. The van der Waals surface area contributed by atoms with Gasteiger partial charge in [0.1, 0.15) is 10.0 Å². The molecule has 0 atom stereocenters. The van der Waals surface area contributed by atoms with Crippen molar-refractivity contribution in [2.24, 2.45) is 7.05 Å². The van der Waals surface area contributed by atoms with Crippen LogP contribution in [0.2, 0.25) is 0 Å². The molecule has 174 valence electrons. The molecular formula is C20H28N6O4S2. The zero-order valence-electron chi connectivity index (χ0n) is 18.2. The molecule has 12 heteroatoms. The van der Waals surface area contributed by atoms with Gasteiger partial charge in [0.15, 0.2) is 11.2 Å². The predicted molar refractivity (Wildman–Crippen MR) is 123 cm³/mol. The number of fused-ring (bicyclic) bond motifs is 1. The largest absolute Gasteiger partial charge is 0.330 e. The van der Waals surface area contributed by atoms with E-state index in [9.17, 15) is 18.0 Å². The Morgan fingerprint density at radius 2 is 2.03 bits per heavy atom. The Hall–Kier alpha value is -2.28. The van der Waals surface area contributed by atoms with Gasteiger partial charge in [0.05, 0.1) is 6.54 Å². The van der Waals surface area contributed by atoms with E-state index in [1.165, 1.54) is 15.9 Å². The van der Waals surface area contributed by atoms with E-state index in [2.05, 4.69) is 19.6 Å². The summed E-state index contributed by atoms with van der Waals surface area (Å²) in [6, 6.07) is 3.22. The van der Waals surface area contributed by atoms with Crippen LogP contribution >= 0.6 is 11.3 Å². The average molecular weight is 481 g/mol. The number of rotatable bonds is 8. The number of nitrogens with one attached hydrogen (secondary N) is 2. The molecule has 3 aromatic rings. The molecule has 0 aromatic carbocycles. The van der Waals surface area contributed by atoms with Crippen molar-refractivity contribution in [2.45, 2.75) is 55.9 Å². The van der Waals surface area contributed by atoms with Gasteiger partial charge in [-0.3, -0.25) is 19.2 Å². The highest BCUT2D eigenvalue weighted by atomic mass is 32.2. The number of sulfonamides is 1. The lowest BCUT2D eigenvalue weighted by molar-refractivity contribution is 0.194. The van der Waals surface area contributed by atoms with Gasteiger partial charge >= 0.3 is 5.69 Å². The summed E-state index contributed by atoms with van der Waals surface area (Å²) in [5.74, 6) is 0.707. The Labute approximate surface area is 190 Å². The standard InChI is InChI=1S/C20H28N6O4S2/c1-3-4-9-26-18-17(19(27)22-20(26)28)24(2)15(21-18)13-25-10-7-14(8-11-25)23-32(29,30)16-6-5-12-31-16/h5-6,12,14,23H,3-4,7-11,13H2,1-2H3,(H,22,27,28). The molecule has 0 aliphatic carbocycles. The van der Waals surface area contributed by atoms with Crippen molar-refractivity contribution < 1.29 is 8.42 Å². The van der Waals surface area contributed by atoms with E-state index in [-0.39, 0.29) is 6.04 Å². The lowest BCUT2D eigenvalue weighted by Crippen LogP contribution is -2.44. The van der Waals surface area contributed by atoms with Crippen molar-refractivity contribution in [2.75, 3.05) is 13.1 Å². The molecule has 3 aromatic heterocycles. The number of hydrogen-bond acceptors (Lipinski definition) is 7. The third-order valence-corrected chi connectivity index (χ3v) is 8.79. The number of likely N-dealkylation sites (tertiary alicyclic amines) is 1. The van der Waals surface area contributed by atoms with Gasteiger partial charge in [-0.1, -0.05) is 19.4 Å². The third kappa shape index (κ3) is 4.58. The fourth-order valence-corrected chi connectivity index (χ4v) is 6.37. The van der Waals surface area contributed by atoms with Crippen molar-refractivity contribution in [1.82, 2.24) is 28.7 Å². The number of hydrogen-bond donors (Lipinski definition) is 2. The number of aryl methyl sites for hydroxylation is 2. The number of imidazole rings is 1. The van der Waals surface area contributed by atoms with Gasteiger partial charge in [0.2, 0.25) is 10.0 Å². The molecule has 0 spiro atoms. The zero-order chi connectivity index (χ0) is 22.9. The second-order valence-electron chi connectivity index (χ2n) is 8.13. The minimum absolute atomic E-state index is 0.110. The first-order chi connectivity index (χ1) is 15.3. The molecule has 2 N–H and O–H groups in total. The first-order valence-corrected chi connectivity index (χ1v) is 13.1. The van der Waals surface area contributed by atoms with E-state index >= 15 is 0 Å². The Morgan fingerprint density at radius 3 is 2.69 bits per heavy atom. The van der Waals surface area contributed by atoms with Crippen molar-refractivity contribution in [3.05, 3.63) is 44.2 Å². The Morgan fingerprint density at radius 1 is 1.28 bits per heavy atom. The van der Waals surface area contributed by atoms with Crippen molar-refractivity contribution in [3.8, 4) is 0 Å². The third-order valence-electron chi connectivity index (χ3n) is 5.88. The zero-order valence-corrected chi connectivity index (χ0v) is 19.8. The molecule has 1 aliphatic heterocycles. The van der Waals surface area contributed by atoms with Crippen LogP contribution in [0.3, 0.4) is 0 Å². The first kappa shape index (κ1) is 22.9. The molecule has 1 fully saturated rings. The van der Waals surface area contributed by atoms with Gasteiger partial charge in [0.25, 0.3) is 5.56 Å². The van der Waals surface area contributed by atoms with Crippen LogP contribution in [0.15, 0.2) is 31.3 Å². The lowest BCUT2D eigenvalue weighted by Gasteiger charge is -2.31. The summed E-state index contributed by atoms with van der Waals surface area (Å²) in [7, 11) is -1.69. The minimum Gasteiger partial charge on any atom is -0.324 e. The molecule has 32 heavy (non-hydrogen) atoms. The molecule has 4 heterocycles. The summed E-state index contributed by atoms with van der Waals surface area (Å²) in [6.07, 6.45) is 3.13. The number of nitrogens with zero attached hydrogens (tertiary/aromatic N) is 4. The maximum Gasteiger partial charge on any atom is 0.330 e. The number of piperidine rings is 1. The summed E-state index contributed by atoms with van der Waals surface area (Å²) in [5, 5.41) is 1.75. The fraction of sp³-hybridized carbons (Fsp3) is 0.550. The van der Waals surface area contributed by atoms with Gasteiger partial charge in [-0.05, 0) is 30.7 Å². The van der Waals surface area contributed by atoms with E-state index in [4.69, 9.17) is 0 Å². The second-order valence-corrected chi connectivity index (χ2v) is 11.0. The van der Waals surface area contributed by atoms with Gasteiger partial charge in [-0.2, -0.15) is 0 Å². The topological polar surface area (TPSA) is 122 Å². The Kier molecular flexibility index (Phi) is 6.65. The van der Waals surface area contributed by atoms with Crippen LogP contribution in [0.25, 0.3) is 11.2 Å². The highest BCUT2D eigenvalue weighted by Crippen LogP contribution is 2.20. The van der Waals surface area contributed by atoms with E-state index < -0.39 is 21.3 Å². The van der Waals surface area contributed by atoms with Gasteiger partial charge in [0, 0.05) is 32.7 Å². The average Bonchev–Trinajstić information content (AvgIpc) is 3.39. The fourth-order valence-electron chi connectivity index (χ4n) is 4.06. The van der Waals surface area contributed by atoms with E-state index in [1.54, 1.807) is 29.1 Å². The molecule has 0 unspecified atom stereocenters. The maximum absolute atomic E-state index is 12.5. The highest BCUT2D eigenvalue weighted by molar-refractivity contribution is 7.91. The molecule has 0 amide bonds. The number of thiophene rings is 1. The number of H-pyrrole nitrogens is 1. The Balaban J connectivity index is 1.47. The van der Waals surface area contributed by atoms with Crippen LogP contribution in [0.5, 0.6) is 0 Å². The van der Waals surface area contributed by atoms with Crippen LogP contribution in [0.1, 0.15) is 38.4 Å². The van der Waals surface area contributed by atoms with Crippen LogP contribution in [-0.2, 0) is 30.2 Å². The second kappa shape index (κ2) is 9.30. The van der Waals surface area contributed by atoms with Gasteiger partial charge in [-0.25, -0.2) is 22.9 Å². The van der Waals surface area contributed by atoms with Crippen LogP contribution in [0, 0.1) is 0 Å². The molecule has 0 saturated carbocycles.